The maximum Gasteiger partial charge on any atom is 0.278 e. The van der Waals surface area contributed by atoms with Crippen LogP contribution in [0.5, 0.6) is 0 Å². The summed E-state index contributed by atoms with van der Waals surface area (Å²) >= 11 is 12.5. The van der Waals surface area contributed by atoms with Crippen molar-refractivity contribution in [2.75, 3.05) is 18.0 Å². The number of nitrogens with zero attached hydrogens (tertiary/aromatic N) is 2. The van der Waals surface area contributed by atoms with E-state index in [2.05, 4.69) is 6.07 Å². The lowest BCUT2D eigenvalue weighted by atomic mass is 10.0. The molecule has 2 aromatic carbocycles. The number of hydrogen-bond donors (Lipinski definition) is 0. The van der Waals surface area contributed by atoms with Gasteiger partial charge in [-0.1, -0.05) is 60.8 Å². The average Bonchev–Trinajstić information content (AvgIpc) is 3.19. The zero-order valence-corrected chi connectivity index (χ0v) is 17.1. The number of amides is 2. The highest BCUT2D eigenvalue weighted by molar-refractivity contribution is 6.41. The number of carbonyl (C=O) groups excluding carboxylic acids is 2. The molecule has 2 amide bonds. The molecule has 0 aliphatic carbocycles. The molecule has 0 radical (unpaired) electrons. The molecule has 0 unspecified atom stereocenters. The molecule has 4 rings (SSSR count). The summed E-state index contributed by atoms with van der Waals surface area (Å²) in [6, 6.07) is 13.0. The van der Waals surface area contributed by atoms with Crippen LogP contribution >= 0.6 is 23.2 Å². The van der Waals surface area contributed by atoms with Crippen LogP contribution in [0.3, 0.4) is 0 Å². The number of fused-ring (bicyclic) bond motifs is 1. The quantitative estimate of drug-likeness (QED) is 0.650. The van der Waals surface area contributed by atoms with Gasteiger partial charge in [0.25, 0.3) is 11.8 Å². The van der Waals surface area contributed by atoms with E-state index in [0.717, 1.165) is 24.9 Å². The Labute approximate surface area is 174 Å². The Bertz CT molecular complexity index is 1000. The third-order valence-corrected chi connectivity index (χ3v) is 5.78. The molecule has 144 valence electrons. The Hall–Kier alpha value is -2.30. The summed E-state index contributed by atoms with van der Waals surface area (Å²) in [5, 5.41) is 0.855. The van der Waals surface area contributed by atoms with Gasteiger partial charge in [-0.05, 0) is 36.6 Å². The molecule has 0 N–H and O–H groups in total. The predicted octanol–water partition coefficient (Wildman–Crippen LogP) is 4.94. The Kier molecular flexibility index (Phi) is 5.17. The summed E-state index contributed by atoms with van der Waals surface area (Å²) < 4.78 is 0. The van der Waals surface area contributed by atoms with Crippen LogP contribution < -0.4 is 4.90 Å². The second kappa shape index (κ2) is 7.61. The summed E-state index contributed by atoms with van der Waals surface area (Å²) in [4.78, 5) is 29.9. The number of imide groups is 1. The minimum atomic E-state index is -0.290. The smallest absolute Gasteiger partial charge is 0.278 e. The van der Waals surface area contributed by atoms with Crippen LogP contribution in [-0.2, 0) is 16.0 Å². The van der Waals surface area contributed by atoms with Crippen molar-refractivity contribution < 1.29 is 9.59 Å². The Morgan fingerprint density at radius 1 is 1.04 bits per heavy atom. The zero-order valence-electron chi connectivity index (χ0n) is 15.5. The number of hydrogen-bond acceptors (Lipinski definition) is 3. The van der Waals surface area contributed by atoms with Crippen LogP contribution in [0.2, 0.25) is 10.0 Å². The highest BCUT2D eigenvalue weighted by Gasteiger charge is 2.43. The maximum absolute atomic E-state index is 13.3. The first-order valence-electron chi connectivity index (χ1n) is 9.44. The van der Waals surface area contributed by atoms with Gasteiger partial charge >= 0.3 is 0 Å². The molecule has 4 nitrogen and oxygen atoms in total. The van der Waals surface area contributed by atoms with Gasteiger partial charge in [-0.15, -0.1) is 0 Å². The van der Waals surface area contributed by atoms with Crippen LogP contribution in [-0.4, -0.2) is 29.8 Å². The number of halogens is 2. The van der Waals surface area contributed by atoms with Gasteiger partial charge < -0.3 is 4.90 Å². The number of para-hydroxylation sites is 1. The van der Waals surface area contributed by atoms with Crippen molar-refractivity contribution in [1.29, 1.82) is 0 Å². The standard InChI is InChI=1S/C22H20Cl2N2O2/c1-2-3-11-26-21(27)19(16-9-8-15(23)13-17(16)24)20(22(26)28)25-12-10-14-6-4-5-7-18(14)25/h4-9,13H,2-3,10-12H2,1H3. The summed E-state index contributed by atoms with van der Waals surface area (Å²) in [6.45, 7) is 3.10. The molecule has 0 bridgehead atoms. The monoisotopic (exact) mass is 414 g/mol. The summed E-state index contributed by atoms with van der Waals surface area (Å²) in [6.07, 6.45) is 2.50. The van der Waals surface area contributed by atoms with Gasteiger partial charge in [0.1, 0.15) is 5.70 Å². The van der Waals surface area contributed by atoms with Crippen LogP contribution in [0.25, 0.3) is 5.57 Å². The zero-order chi connectivity index (χ0) is 19.8. The Balaban J connectivity index is 1.87. The fraction of sp³-hybridized carbons (Fsp3) is 0.273. The lowest BCUT2D eigenvalue weighted by molar-refractivity contribution is -0.136. The van der Waals surface area contributed by atoms with Crippen molar-refractivity contribution in [3.05, 3.63) is 69.3 Å². The maximum atomic E-state index is 13.3. The molecule has 0 saturated carbocycles. The van der Waals surface area contributed by atoms with Crippen LogP contribution in [0.4, 0.5) is 5.69 Å². The Morgan fingerprint density at radius 3 is 2.57 bits per heavy atom. The first kappa shape index (κ1) is 19.0. The Morgan fingerprint density at radius 2 is 1.82 bits per heavy atom. The minimum Gasteiger partial charge on any atom is -0.336 e. The number of carbonyl (C=O) groups is 2. The van der Waals surface area contributed by atoms with Crippen molar-refractivity contribution in [1.82, 2.24) is 4.90 Å². The van der Waals surface area contributed by atoms with Crippen molar-refractivity contribution in [2.24, 2.45) is 0 Å². The van der Waals surface area contributed by atoms with E-state index in [-0.39, 0.29) is 11.8 Å². The molecular weight excluding hydrogens is 395 g/mol. The number of unbranched alkanes of at least 4 members (excludes halogenated alkanes) is 1. The van der Waals surface area contributed by atoms with Crippen molar-refractivity contribution in [3.63, 3.8) is 0 Å². The SMILES string of the molecule is CCCCN1C(=O)C(c2ccc(Cl)cc2Cl)=C(N2CCc3ccccc32)C1=O. The van der Waals surface area contributed by atoms with E-state index in [1.807, 2.05) is 30.0 Å². The highest BCUT2D eigenvalue weighted by atomic mass is 35.5. The highest BCUT2D eigenvalue weighted by Crippen LogP contribution is 2.40. The molecule has 2 aliphatic heterocycles. The molecular formula is C22H20Cl2N2O2. The van der Waals surface area contributed by atoms with E-state index in [1.54, 1.807) is 18.2 Å². The number of benzene rings is 2. The third kappa shape index (κ3) is 3.11. The summed E-state index contributed by atoms with van der Waals surface area (Å²) in [5.41, 5.74) is 3.46. The normalized spacial score (nSPS) is 16.4. The molecule has 0 spiro atoms. The average molecular weight is 415 g/mol. The van der Waals surface area contributed by atoms with Gasteiger partial charge in [0.2, 0.25) is 0 Å². The molecule has 2 aliphatic rings. The van der Waals surface area contributed by atoms with E-state index >= 15 is 0 Å². The van der Waals surface area contributed by atoms with Gasteiger partial charge in [0.05, 0.1) is 10.6 Å². The largest absolute Gasteiger partial charge is 0.336 e. The molecule has 2 aromatic rings. The van der Waals surface area contributed by atoms with Crippen LogP contribution in [0.15, 0.2) is 48.2 Å². The van der Waals surface area contributed by atoms with Gasteiger partial charge in [0.15, 0.2) is 0 Å². The summed E-state index contributed by atoms with van der Waals surface area (Å²) in [7, 11) is 0. The van der Waals surface area contributed by atoms with Crippen LogP contribution in [0.1, 0.15) is 30.9 Å². The second-order valence-corrected chi connectivity index (χ2v) is 7.84. The summed E-state index contributed by atoms with van der Waals surface area (Å²) in [5.74, 6) is -0.543. The third-order valence-electron chi connectivity index (χ3n) is 5.24. The van der Waals surface area contributed by atoms with Crippen molar-refractivity contribution in [3.8, 4) is 0 Å². The number of anilines is 1. The van der Waals surface area contributed by atoms with Gasteiger partial charge in [-0.2, -0.15) is 0 Å². The lowest BCUT2D eigenvalue weighted by Crippen LogP contribution is -2.35. The van der Waals surface area contributed by atoms with E-state index in [0.29, 0.717) is 40.0 Å². The molecule has 0 fully saturated rings. The van der Waals surface area contributed by atoms with E-state index < -0.39 is 0 Å². The first-order chi connectivity index (χ1) is 13.5. The molecule has 6 heteroatoms. The molecule has 2 heterocycles. The van der Waals surface area contributed by atoms with Gasteiger partial charge in [0, 0.05) is 29.4 Å². The molecule has 28 heavy (non-hydrogen) atoms. The van der Waals surface area contributed by atoms with Crippen molar-refractivity contribution >= 4 is 46.3 Å². The fourth-order valence-electron chi connectivity index (χ4n) is 3.84. The minimum absolute atomic E-state index is 0.254. The van der Waals surface area contributed by atoms with E-state index in [4.69, 9.17) is 23.2 Å². The first-order valence-corrected chi connectivity index (χ1v) is 10.2. The fourth-order valence-corrected chi connectivity index (χ4v) is 4.34. The van der Waals surface area contributed by atoms with E-state index in [1.165, 1.54) is 10.5 Å². The molecule has 0 aromatic heterocycles. The second-order valence-electron chi connectivity index (χ2n) is 6.99. The van der Waals surface area contributed by atoms with Crippen LogP contribution in [0, 0.1) is 0 Å². The topological polar surface area (TPSA) is 40.6 Å². The lowest BCUT2D eigenvalue weighted by Gasteiger charge is -2.21. The molecule has 0 saturated heterocycles. The molecule has 0 atom stereocenters. The number of rotatable bonds is 5. The predicted molar refractivity (Wildman–Crippen MR) is 113 cm³/mol. The van der Waals surface area contributed by atoms with Gasteiger partial charge in [-0.3, -0.25) is 14.5 Å². The van der Waals surface area contributed by atoms with Crippen molar-refractivity contribution in [2.45, 2.75) is 26.2 Å². The van der Waals surface area contributed by atoms with E-state index in [9.17, 15) is 9.59 Å². The van der Waals surface area contributed by atoms with Gasteiger partial charge in [-0.25, -0.2) is 0 Å².